The minimum Gasteiger partial charge on any atom is -0.381 e. The van der Waals surface area contributed by atoms with Crippen LogP contribution in [0.15, 0.2) is 0 Å². The van der Waals surface area contributed by atoms with Crippen LogP contribution < -0.4 is 11.1 Å². The summed E-state index contributed by atoms with van der Waals surface area (Å²) >= 11 is 0. The second kappa shape index (κ2) is 5.10. The maximum atomic E-state index is 5.83. The summed E-state index contributed by atoms with van der Waals surface area (Å²) in [4.78, 5) is 0. The number of hydrogen-bond donors (Lipinski definition) is 2. The lowest BCUT2D eigenvalue weighted by atomic mass is 9.86. The van der Waals surface area contributed by atoms with E-state index in [0.29, 0.717) is 5.92 Å². The lowest BCUT2D eigenvalue weighted by molar-refractivity contribution is 0.0478. The Morgan fingerprint density at radius 1 is 1.21 bits per heavy atom. The highest BCUT2D eigenvalue weighted by molar-refractivity contribution is 4.84. The molecule has 2 aliphatic rings. The van der Waals surface area contributed by atoms with Gasteiger partial charge < -0.3 is 15.8 Å². The first-order valence-corrected chi connectivity index (χ1v) is 5.91. The Morgan fingerprint density at radius 2 is 1.93 bits per heavy atom. The van der Waals surface area contributed by atoms with Crippen LogP contribution in [0, 0.1) is 11.8 Å². The number of hydrogen-bond acceptors (Lipinski definition) is 3. The highest BCUT2D eigenvalue weighted by atomic mass is 16.5. The van der Waals surface area contributed by atoms with E-state index in [9.17, 15) is 0 Å². The van der Waals surface area contributed by atoms with Gasteiger partial charge in [0, 0.05) is 19.3 Å². The van der Waals surface area contributed by atoms with E-state index in [2.05, 4.69) is 5.32 Å². The maximum absolute atomic E-state index is 5.83. The molecule has 2 fully saturated rings. The smallest absolute Gasteiger partial charge is 0.0468 e. The van der Waals surface area contributed by atoms with E-state index < -0.39 is 0 Å². The summed E-state index contributed by atoms with van der Waals surface area (Å²) in [6, 6.07) is 0.809. The van der Waals surface area contributed by atoms with Crippen molar-refractivity contribution < 1.29 is 4.74 Å². The van der Waals surface area contributed by atoms with Crippen LogP contribution in [0.3, 0.4) is 0 Å². The molecule has 1 saturated heterocycles. The van der Waals surface area contributed by atoms with Gasteiger partial charge in [-0.25, -0.2) is 0 Å². The Balaban J connectivity index is 1.71. The SMILES string of the molecule is NCC(CNC1CC1)C1CCOCC1. The molecule has 1 atom stereocenters. The fourth-order valence-corrected chi connectivity index (χ4v) is 2.24. The molecule has 1 unspecified atom stereocenters. The molecular weight excluding hydrogens is 176 g/mol. The van der Waals surface area contributed by atoms with Gasteiger partial charge in [-0.15, -0.1) is 0 Å². The quantitative estimate of drug-likeness (QED) is 0.685. The summed E-state index contributed by atoms with van der Waals surface area (Å²) in [7, 11) is 0. The molecular formula is C11H22N2O. The highest BCUT2D eigenvalue weighted by Gasteiger charge is 2.26. The van der Waals surface area contributed by atoms with E-state index in [1.807, 2.05) is 0 Å². The molecule has 0 aromatic heterocycles. The van der Waals surface area contributed by atoms with E-state index >= 15 is 0 Å². The normalized spacial score (nSPS) is 26.4. The molecule has 1 aliphatic heterocycles. The second-order valence-corrected chi connectivity index (χ2v) is 4.63. The van der Waals surface area contributed by atoms with Gasteiger partial charge in [0.25, 0.3) is 0 Å². The largest absolute Gasteiger partial charge is 0.381 e. The summed E-state index contributed by atoms with van der Waals surface area (Å²) in [5.41, 5.74) is 5.83. The molecule has 82 valence electrons. The van der Waals surface area contributed by atoms with E-state index in [1.54, 1.807) is 0 Å². The summed E-state index contributed by atoms with van der Waals surface area (Å²) < 4.78 is 5.37. The molecule has 3 heteroatoms. The van der Waals surface area contributed by atoms with Crippen molar-refractivity contribution in [2.45, 2.75) is 31.7 Å². The zero-order valence-corrected chi connectivity index (χ0v) is 8.87. The van der Waals surface area contributed by atoms with Gasteiger partial charge in [-0.2, -0.15) is 0 Å². The average Bonchev–Trinajstić information content (AvgIpc) is 3.04. The number of nitrogens with one attached hydrogen (secondary N) is 1. The van der Waals surface area contributed by atoms with E-state index in [0.717, 1.165) is 38.3 Å². The van der Waals surface area contributed by atoms with Crippen molar-refractivity contribution in [3.05, 3.63) is 0 Å². The van der Waals surface area contributed by atoms with Crippen LogP contribution in [-0.4, -0.2) is 32.3 Å². The van der Waals surface area contributed by atoms with Crippen molar-refractivity contribution in [1.82, 2.24) is 5.32 Å². The van der Waals surface area contributed by atoms with E-state index in [1.165, 1.54) is 25.7 Å². The topological polar surface area (TPSA) is 47.3 Å². The van der Waals surface area contributed by atoms with Crippen LogP contribution in [0.25, 0.3) is 0 Å². The van der Waals surface area contributed by atoms with Crippen LogP contribution in [-0.2, 0) is 4.74 Å². The number of rotatable bonds is 5. The first-order chi connectivity index (χ1) is 6.90. The zero-order valence-electron chi connectivity index (χ0n) is 8.87. The van der Waals surface area contributed by atoms with E-state index in [-0.39, 0.29) is 0 Å². The van der Waals surface area contributed by atoms with Gasteiger partial charge in [0.05, 0.1) is 0 Å². The third-order valence-electron chi connectivity index (χ3n) is 3.48. The second-order valence-electron chi connectivity index (χ2n) is 4.63. The van der Waals surface area contributed by atoms with Crippen LogP contribution in [0.5, 0.6) is 0 Å². The molecule has 0 aromatic carbocycles. The van der Waals surface area contributed by atoms with Crippen molar-refractivity contribution in [3.8, 4) is 0 Å². The van der Waals surface area contributed by atoms with Gasteiger partial charge in [0.15, 0.2) is 0 Å². The minimum absolute atomic E-state index is 0.666. The summed E-state index contributed by atoms with van der Waals surface area (Å²) in [6.07, 6.45) is 5.14. The molecule has 1 heterocycles. The zero-order chi connectivity index (χ0) is 9.80. The fourth-order valence-electron chi connectivity index (χ4n) is 2.24. The van der Waals surface area contributed by atoms with Crippen molar-refractivity contribution in [2.75, 3.05) is 26.3 Å². The lowest BCUT2D eigenvalue weighted by Crippen LogP contribution is -2.37. The van der Waals surface area contributed by atoms with Crippen molar-refractivity contribution in [1.29, 1.82) is 0 Å². The summed E-state index contributed by atoms with van der Waals surface area (Å²) in [5.74, 6) is 1.46. The van der Waals surface area contributed by atoms with Gasteiger partial charge in [-0.1, -0.05) is 0 Å². The number of nitrogens with two attached hydrogens (primary N) is 1. The van der Waals surface area contributed by atoms with Gasteiger partial charge >= 0.3 is 0 Å². The molecule has 3 nitrogen and oxygen atoms in total. The minimum atomic E-state index is 0.666. The standard InChI is InChI=1S/C11H22N2O/c12-7-10(8-13-11-1-2-11)9-3-5-14-6-4-9/h9-11,13H,1-8,12H2. The van der Waals surface area contributed by atoms with Crippen molar-refractivity contribution >= 4 is 0 Å². The molecule has 0 spiro atoms. The Bertz CT molecular complexity index is 165. The van der Waals surface area contributed by atoms with Crippen molar-refractivity contribution in [2.24, 2.45) is 17.6 Å². The summed E-state index contributed by atoms with van der Waals surface area (Å²) in [6.45, 7) is 3.81. The molecule has 0 radical (unpaired) electrons. The molecule has 3 N–H and O–H groups in total. The van der Waals surface area contributed by atoms with Gasteiger partial charge in [-0.3, -0.25) is 0 Å². The molecule has 1 aliphatic carbocycles. The highest BCUT2D eigenvalue weighted by Crippen LogP contribution is 2.24. The lowest BCUT2D eigenvalue weighted by Gasteiger charge is -2.29. The molecule has 0 aromatic rings. The fraction of sp³-hybridized carbons (Fsp3) is 1.00. The van der Waals surface area contributed by atoms with E-state index in [4.69, 9.17) is 10.5 Å². The third kappa shape index (κ3) is 2.94. The van der Waals surface area contributed by atoms with Crippen molar-refractivity contribution in [3.63, 3.8) is 0 Å². The Kier molecular flexibility index (Phi) is 3.79. The Morgan fingerprint density at radius 3 is 2.50 bits per heavy atom. The van der Waals surface area contributed by atoms with Gasteiger partial charge in [-0.05, 0) is 50.6 Å². The van der Waals surface area contributed by atoms with Crippen LogP contribution in [0.4, 0.5) is 0 Å². The van der Waals surface area contributed by atoms with Crippen LogP contribution >= 0.6 is 0 Å². The van der Waals surface area contributed by atoms with Crippen LogP contribution in [0.1, 0.15) is 25.7 Å². The predicted octanol–water partition coefficient (Wildman–Crippen LogP) is 0.740. The van der Waals surface area contributed by atoms with Gasteiger partial charge in [0.2, 0.25) is 0 Å². The first kappa shape index (κ1) is 10.4. The average molecular weight is 198 g/mol. The Labute approximate surface area is 86.4 Å². The summed E-state index contributed by atoms with van der Waals surface area (Å²) in [5, 5.41) is 3.58. The molecule has 0 amide bonds. The predicted molar refractivity (Wildman–Crippen MR) is 57.1 cm³/mol. The molecule has 0 bridgehead atoms. The number of ether oxygens (including phenoxy) is 1. The van der Waals surface area contributed by atoms with Gasteiger partial charge in [0.1, 0.15) is 0 Å². The Hall–Kier alpha value is -0.120. The van der Waals surface area contributed by atoms with Crippen LogP contribution in [0.2, 0.25) is 0 Å². The molecule has 2 rings (SSSR count). The maximum Gasteiger partial charge on any atom is 0.0468 e. The monoisotopic (exact) mass is 198 g/mol. The first-order valence-electron chi connectivity index (χ1n) is 5.91. The molecule has 14 heavy (non-hydrogen) atoms. The third-order valence-corrected chi connectivity index (χ3v) is 3.48. The molecule has 1 saturated carbocycles.